The Morgan fingerprint density at radius 1 is 1.12 bits per heavy atom. The zero-order chi connectivity index (χ0) is 25.2. The number of rotatable bonds is 6. The summed E-state index contributed by atoms with van der Waals surface area (Å²) in [7, 11) is -4.50. The number of allylic oxidation sites excluding steroid dienone is 1. The van der Waals surface area contributed by atoms with Crippen LogP contribution in [0.5, 0.6) is 0 Å². The second-order valence-corrected chi connectivity index (χ2v) is 13.6. The van der Waals surface area contributed by atoms with Crippen molar-refractivity contribution < 1.29 is 30.3 Å². The van der Waals surface area contributed by atoms with Crippen LogP contribution in [0.15, 0.2) is 11.6 Å². The molecule has 7 unspecified atom stereocenters. The van der Waals surface area contributed by atoms with Gasteiger partial charge in [-0.1, -0.05) is 38.8 Å². The van der Waals surface area contributed by atoms with Crippen LogP contribution in [0.4, 0.5) is 13.2 Å². The summed E-state index contributed by atoms with van der Waals surface area (Å²) in [6.07, 6.45) is 7.46. The molecule has 4 aliphatic carbocycles. The molecule has 0 radical (unpaired) electrons. The van der Waals surface area contributed by atoms with Gasteiger partial charge in [0.15, 0.2) is 0 Å². The van der Waals surface area contributed by atoms with E-state index in [2.05, 4.69) is 19.9 Å². The van der Waals surface area contributed by atoms with Gasteiger partial charge in [0.05, 0.1) is 11.5 Å². The van der Waals surface area contributed by atoms with Crippen molar-refractivity contribution in [2.75, 3.05) is 0 Å². The lowest BCUT2D eigenvalue weighted by atomic mass is 9.46. The SMILES string of the molecule is CC(CCCC1CCC2C3CC=C4C[C@@](C)(OS(=O)(=O)O)CCC4(C)C3CCC12C)C(F)(F)F. The Morgan fingerprint density at radius 3 is 2.47 bits per heavy atom. The van der Waals surface area contributed by atoms with Crippen LogP contribution in [0.3, 0.4) is 0 Å². The second kappa shape index (κ2) is 8.76. The standard InChI is InChI=1S/C26H41F3O4S/c1-17(26(27,28)29)6-5-7-18-9-11-21-20-10-8-19-16-23(2,33-34(30,31)32)14-15-25(19,4)22(20)12-13-24(18,21)3/h8,17-18,20-22H,5-7,9-16H2,1-4H3,(H,30,31,32)/t17?,18?,20?,21?,22?,23-,24?,25?/m0/s1. The van der Waals surface area contributed by atoms with Crippen LogP contribution in [0.2, 0.25) is 0 Å². The number of fused-ring (bicyclic) bond motifs is 5. The topological polar surface area (TPSA) is 63.6 Å². The first-order valence-corrected chi connectivity index (χ1v) is 14.4. The number of hydrogen-bond donors (Lipinski definition) is 1. The molecule has 0 aromatic heterocycles. The molecule has 34 heavy (non-hydrogen) atoms. The molecule has 0 aliphatic heterocycles. The van der Waals surface area contributed by atoms with Crippen molar-refractivity contribution in [3.8, 4) is 0 Å². The van der Waals surface area contributed by atoms with Crippen molar-refractivity contribution in [1.82, 2.24) is 0 Å². The molecular weight excluding hydrogens is 465 g/mol. The molecule has 0 heterocycles. The summed E-state index contributed by atoms with van der Waals surface area (Å²) in [6.45, 7) is 7.80. The van der Waals surface area contributed by atoms with Gasteiger partial charge in [0.25, 0.3) is 0 Å². The van der Waals surface area contributed by atoms with E-state index in [0.717, 1.165) is 38.5 Å². The monoisotopic (exact) mass is 506 g/mol. The Bertz CT molecular complexity index is 915. The highest BCUT2D eigenvalue weighted by Crippen LogP contribution is 2.67. The summed E-state index contributed by atoms with van der Waals surface area (Å²) in [4.78, 5) is 0. The van der Waals surface area contributed by atoms with E-state index >= 15 is 0 Å². The van der Waals surface area contributed by atoms with Crippen LogP contribution in [-0.4, -0.2) is 24.7 Å². The molecule has 3 saturated carbocycles. The van der Waals surface area contributed by atoms with Crippen LogP contribution in [0.1, 0.15) is 98.3 Å². The van der Waals surface area contributed by atoms with E-state index in [-0.39, 0.29) is 17.3 Å². The van der Waals surface area contributed by atoms with Crippen molar-refractivity contribution in [2.24, 2.45) is 40.4 Å². The zero-order valence-electron chi connectivity index (χ0n) is 21.0. The molecule has 3 fully saturated rings. The molecule has 4 nitrogen and oxygen atoms in total. The molecule has 8 heteroatoms. The minimum atomic E-state index is -4.50. The molecule has 0 amide bonds. The largest absolute Gasteiger partial charge is 0.397 e. The third kappa shape index (κ3) is 4.84. The summed E-state index contributed by atoms with van der Waals surface area (Å²) in [5.74, 6) is 1.02. The maximum Gasteiger partial charge on any atom is 0.397 e. The zero-order valence-corrected chi connectivity index (χ0v) is 21.8. The van der Waals surface area contributed by atoms with E-state index in [1.807, 2.05) is 0 Å². The van der Waals surface area contributed by atoms with Crippen LogP contribution >= 0.6 is 0 Å². The molecule has 196 valence electrons. The highest BCUT2D eigenvalue weighted by molar-refractivity contribution is 7.80. The van der Waals surface area contributed by atoms with Gasteiger partial charge in [0, 0.05) is 0 Å². The summed E-state index contributed by atoms with van der Waals surface area (Å²) in [6, 6.07) is 0. The van der Waals surface area contributed by atoms with Crippen LogP contribution in [0.25, 0.3) is 0 Å². The number of alkyl halides is 3. The minimum absolute atomic E-state index is 0.0204. The van der Waals surface area contributed by atoms with E-state index in [4.69, 9.17) is 4.18 Å². The van der Waals surface area contributed by atoms with Crippen LogP contribution in [-0.2, 0) is 14.6 Å². The first-order valence-electron chi connectivity index (χ1n) is 13.0. The van der Waals surface area contributed by atoms with Gasteiger partial charge in [-0.3, -0.25) is 4.55 Å². The molecule has 8 atom stereocenters. The quantitative estimate of drug-likeness (QED) is 0.299. The summed E-state index contributed by atoms with van der Waals surface area (Å²) in [5.41, 5.74) is 0.597. The molecule has 1 N–H and O–H groups in total. The molecule has 0 aromatic rings. The summed E-state index contributed by atoms with van der Waals surface area (Å²) >= 11 is 0. The lowest BCUT2D eigenvalue weighted by Crippen LogP contribution is -2.52. The third-order valence-electron chi connectivity index (χ3n) is 10.6. The molecule has 4 aliphatic rings. The van der Waals surface area contributed by atoms with E-state index in [1.165, 1.54) is 18.9 Å². The maximum atomic E-state index is 12.9. The molecule has 0 bridgehead atoms. The smallest absolute Gasteiger partial charge is 0.264 e. The van der Waals surface area contributed by atoms with Crippen LogP contribution in [0, 0.1) is 40.4 Å². The minimum Gasteiger partial charge on any atom is -0.264 e. The Labute approximate surface area is 203 Å². The van der Waals surface area contributed by atoms with E-state index in [0.29, 0.717) is 42.9 Å². The summed E-state index contributed by atoms with van der Waals surface area (Å²) < 4.78 is 75.9. The van der Waals surface area contributed by atoms with Gasteiger partial charge in [-0.2, -0.15) is 21.6 Å². The molecule has 0 aromatic carbocycles. The predicted octanol–water partition coefficient (Wildman–Crippen LogP) is 7.51. The Kier molecular flexibility index (Phi) is 6.82. The average molecular weight is 507 g/mol. The second-order valence-electron chi connectivity index (χ2n) is 12.6. The third-order valence-corrected chi connectivity index (χ3v) is 11.2. The Balaban J connectivity index is 1.45. The van der Waals surface area contributed by atoms with E-state index in [1.54, 1.807) is 6.92 Å². The van der Waals surface area contributed by atoms with Gasteiger partial charge in [-0.05, 0) is 106 Å². The van der Waals surface area contributed by atoms with Crippen molar-refractivity contribution in [2.45, 2.75) is 110 Å². The highest BCUT2D eigenvalue weighted by atomic mass is 32.3. The van der Waals surface area contributed by atoms with Gasteiger partial charge in [-0.25, -0.2) is 4.18 Å². The lowest BCUT2D eigenvalue weighted by Gasteiger charge is -2.59. The first-order chi connectivity index (χ1) is 15.6. The van der Waals surface area contributed by atoms with E-state index < -0.39 is 28.1 Å². The molecule has 0 spiro atoms. The van der Waals surface area contributed by atoms with Gasteiger partial charge in [0.2, 0.25) is 0 Å². The molecule has 4 rings (SSSR count). The average Bonchev–Trinajstić information content (AvgIpc) is 3.03. The maximum absolute atomic E-state index is 12.9. The fourth-order valence-corrected chi connectivity index (χ4v) is 9.19. The summed E-state index contributed by atoms with van der Waals surface area (Å²) in [5, 5.41) is 0. The number of halogens is 3. The fraction of sp³-hybridized carbons (Fsp3) is 0.923. The predicted molar refractivity (Wildman–Crippen MR) is 125 cm³/mol. The van der Waals surface area contributed by atoms with Crippen LogP contribution < -0.4 is 0 Å². The van der Waals surface area contributed by atoms with Crippen molar-refractivity contribution in [3.63, 3.8) is 0 Å². The Hall–Kier alpha value is -0.600. The van der Waals surface area contributed by atoms with E-state index in [9.17, 15) is 26.1 Å². The number of hydrogen-bond acceptors (Lipinski definition) is 3. The van der Waals surface area contributed by atoms with Gasteiger partial charge in [0.1, 0.15) is 0 Å². The van der Waals surface area contributed by atoms with Gasteiger partial charge in [-0.15, -0.1) is 0 Å². The van der Waals surface area contributed by atoms with Crippen molar-refractivity contribution in [1.29, 1.82) is 0 Å². The molecular formula is C26H41F3O4S. The van der Waals surface area contributed by atoms with Gasteiger partial charge < -0.3 is 0 Å². The van der Waals surface area contributed by atoms with Gasteiger partial charge >= 0.3 is 16.6 Å². The normalized spacial score (nSPS) is 43.5. The Morgan fingerprint density at radius 2 is 1.82 bits per heavy atom. The fourth-order valence-electron chi connectivity index (χ4n) is 8.53. The first kappa shape index (κ1) is 26.5. The van der Waals surface area contributed by atoms with Crippen molar-refractivity contribution in [3.05, 3.63) is 11.6 Å². The highest BCUT2D eigenvalue weighted by Gasteiger charge is 2.59. The lowest BCUT2D eigenvalue weighted by molar-refractivity contribution is -0.171. The molecule has 0 saturated heterocycles. The van der Waals surface area contributed by atoms with Crippen molar-refractivity contribution >= 4 is 10.4 Å².